The first kappa shape index (κ1) is 13.0. The van der Waals surface area contributed by atoms with Crippen molar-refractivity contribution in [3.8, 4) is 0 Å². The van der Waals surface area contributed by atoms with Crippen molar-refractivity contribution < 1.29 is 4.79 Å². The van der Waals surface area contributed by atoms with E-state index in [-0.39, 0.29) is 5.91 Å². The molecule has 1 aliphatic heterocycles. The Morgan fingerprint density at radius 3 is 2.75 bits per heavy atom. The fraction of sp³-hybridized carbons (Fsp3) is 0.400. The van der Waals surface area contributed by atoms with Gasteiger partial charge in [0.25, 0.3) is 5.91 Å². The minimum absolute atomic E-state index is 0.0776. The van der Waals surface area contributed by atoms with E-state index in [1.807, 2.05) is 24.0 Å². The molecule has 1 aliphatic rings. The summed E-state index contributed by atoms with van der Waals surface area (Å²) in [4.78, 5) is 25.4. The molecular formula is C15H18N4O. The topological polar surface area (TPSA) is 49.3 Å². The average molecular weight is 270 g/mol. The van der Waals surface area contributed by atoms with Gasteiger partial charge in [0.1, 0.15) is 0 Å². The van der Waals surface area contributed by atoms with Crippen LogP contribution in [-0.4, -0.2) is 58.9 Å². The fourth-order valence-corrected chi connectivity index (χ4v) is 2.51. The number of hydrogen-bond donors (Lipinski definition) is 0. The molecule has 0 unspecified atom stereocenters. The number of nitrogens with zero attached hydrogens (tertiary/aromatic N) is 4. The smallest absolute Gasteiger partial charge is 0.255 e. The van der Waals surface area contributed by atoms with Crippen LogP contribution in [0.25, 0.3) is 10.9 Å². The average Bonchev–Trinajstić information content (AvgIpc) is 2.46. The molecule has 0 spiro atoms. The largest absolute Gasteiger partial charge is 0.336 e. The highest BCUT2D eigenvalue weighted by Crippen LogP contribution is 2.17. The Kier molecular flexibility index (Phi) is 3.36. The molecule has 0 atom stereocenters. The van der Waals surface area contributed by atoms with Gasteiger partial charge in [-0.2, -0.15) is 0 Å². The predicted molar refractivity (Wildman–Crippen MR) is 77.7 cm³/mol. The highest BCUT2D eigenvalue weighted by molar-refractivity contribution is 5.98. The highest BCUT2D eigenvalue weighted by atomic mass is 16.2. The number of piperazine rings is 1. The van der Waals surface area contributed by atoms with E-state index in [4.69, 9.17) is 0 Å². The monoisotopic (exact) mass is 270 g/mol. The molecule has 0 N–H and O–H groups in total. The minimum atomic E-state index is 0.0776. The van der Waals surface area contributed by atoms with Crippen LogP contribution >= 0.6 is 0 Å². The van der Waals surface area contributed by atoms with E-state index in [1.165, 1.54) is 0 Å². The number of amides is 1. The maximum absolute atomic E-state index is 12.6. The van der Waals surface area contributed by atoms with Gasteiger partial charge in [-0.1, -0.05) is 0 Å². The molecule has 104 valence electrons. The maximum Gasteiger partial charge on any atom is 0.255 e. The minimum Gasteiger partial charge on any atom is -0.336 e. The van der Waals surface area contributed by atoms with Crippen LogP contribution < -0.4 is 0 Å². The summed E-state index contributed by atoms with van der Waals surface area (Å²) in [5.74, 6) is 0.0776. The number of carbonyl (C=O) groups is 1. The maximum atomic E-state index is 12.6. The van der Waals surface area contributed by atoms with Crippen LogP contribution in [-0.2, 0) is 0 Å². The van der Waals surface area contributed by atoms with E-state index in [9.17, 15) is 4.79 Å². The van der Waals surface area contributed by atoms with Crippen molar-refractivity contribution in [2.24, 2.45) is 0 Å². The molecule has 5 nitrogen and oxygen atoms in total. The van der Waals surface area contributed by atoms with E-state index in [1.54, 1.807) is 12.4 Å². The molecule has 1 saturated heterocycles. The van der Waals surface area contributed by atoms with Gasteiger partial charge in [-0.15, -0.1) is 0 Å². The van der Waals surface area contributed by atoms with Crippen LogP contribution in [0.1, 0.15) is 16.1 Å². The number of carbonyl (C=O) groups excluding carboxylic acids is 1. The third-order valence-electron chi connectivity index (χ3n) is 3.83. The fourth-order valence-electron chi connectivity index (χ4n) is 2.51. The Hall–Kier alpha value is -2.01. The van der Waals surface area contributed by atoms with Gasteiger partial charge in [0.2, 0.25) is 0 Å². The lowest BCUT2D eigenvalue weighted by atomic mass is 10.1. The number of pyridine rings is 2. The lowest BCUT2D eigenvalue weighted by molar-refractivity contribution is 0.0663. The molecule has 0 saturated carbocycles. The van der Waals surface area contributed by atoms with Crippen LogP contribution in [0, 0.1) is 6.92 Å². The molecule has 0 radical (unpaired) electrons. The van der Waals surface area contributed by atoms with E-state index in [2.05, 4.69) is 21.9 Å². The van der Waals surface area contributed by atoms with Crippen LogP contribution in [0.15, 0.2) is 24.5 Å². The SMILES string of the molecule is Cc1nc2ccncc2cc1C(=O)N1CCN(C)CC1. The molecule has 1 amide bonds. The van der Waals surface area contributed by atoms with Crippen LogP contribution in [0.4, 0.5) is 0 Å². The van der Waals surface area contributed by atoms with Gasteiger partial charge in [0.05, 0.1) is 16.8 Å². The van der Waals surface area contributed by atoms with E-state index in [0.717, 1.165) is 42.8 Å². The number of aromatic nitrogens is 2. The summed E-state index contributed by atoms with van der Waals surface area (Å²) in [6.07, 6.45) is 3.47. The zero-order valence-electron chi connectivity index (χ0n) is 11.8. The zero-order chi connectivity index (χ0) is 14.1. The van der Waals surface area contributed by atoms with Crippen LogP contribution in [0.3, 0.4) is 0 Å². The van der Waals surface area contributed by atoms with Gasteiger partial charge in [0, 0.05) is 44.0 Å². The second-order valence-electron chi connectivity index (χ2n) is 5.29. The van der Waals surface area contributed by atoms with Crippen molar-refractivity contribution in [1.29, 1.82) is 0 Å². The molecule has 2 aromatic heterocycles. The first-order chi connectivity index (χ1) is 9.65. The summed E-state index contributed by atoms with van der Waals surface area (Å²) in [6, 6.07) is 3.78. The van der Waals surface area contributed by atoms with Crippen molar-refractivity contribution in [1.82, 2.24) is 19.8 Å². The summed E-state index contributed by atoms with van der Waals surface area (Å²) in [6.45, 7) is 5.30. The van der Waals surface area contributed by atoms with Gasteiger partial charge in [0.15, 0.2) is 0 Å². The molecule has 3 heterocycles. The second kappa shape index (κ2) is 5.17. The van der Waals surface area contributed by atoms with Crippen molar-refractivity contribution in [3.63, 3.8) is 0 Å². The van der Waals surface area contributed by atoms with Crippen LogP contribution in [0.2, 0.25) is 0 Å². The number of aryl methyl sites for hydroxylation is 1. The Morgan fingerprint density at radius 2 is 2.00 bits per heavy atom. The molecule has 2 aromatic rings. The standard InChI is InChI=1S/C15H18N4O/c1-11-13(9-12-10-16-4-3-14(12)17-11)15(20)19-7-5-18(2)6-8-19/h3-4,9-10H,5-8H2,1-2H3. The predicted octanol–water partition coefficient (Wildman–Crippen LogP) is 1.33. The third kappa shape index (κ3) is 2.36. The van der Waals surface area contributed by atoms with Crippen molar-refractivity contribution in [2.75, 3.05) is 33.2 Å². The molecule has 5 heteroatoms. The lowest BCUT2D eigenvalue weighted by Crippen LogP contribution is -2.47. The Morgan fingerprint density at radius 1 is 1.25 bits per heavy atom. The van der Waals surface area contributed by atoms with Gasteiger partial charge in [-0.05, 0) is 26.1 Å². The summed E-state index contributed by atoms with van der Waals surface area (Å²) >= 11 is 0. The highest BCUT2D eigenvalue weighted by Gasteiger charge is 2.22. The van der Waals surface area contributed by atoms with E-state index in [0.29, 0.717) is 5.56 Å². The Labute approximate surface area is 118 Å². The summed E-state index contributed by atoms with van der Waals surface area (Å²) in [7, 11) is 2.08. The summed E-state index contributed by atoms with van der Waals surface area (Å²) in [5.41, 5.74) is 2.36. The Bertz CT molecular complexity index is 647. The van der Waals surface area contributed by atoms with Crippen molar-refractivity contribution in [3.05, 3.63) is 35.8 Å². The molecular weight excluding hydrogens is 252 g/mol. The molecule has 3 rings (SSSR count). The van der Waals surface area contributed by atoms with Crippen molar-refractivity contribution in [2.45, 2.75) is 6.92 Å². The molecule has 1 fully saturated rings. The molecule has 20 heavy (non-hydrogen) atoms. The first-order valence-electron chi connectivity index (χ1n) is 6.84. The normalized spacial score (nSPS) is 16.6. The Balaban J connectivity index is 1.93. The number of fused-ring (bicyclic) bond motifs is 1. The first-order valence-corrected chi connectivity index (χ1v) is 6.84. The molecule has 0 bridgehead atoms. The number of rotatable bonds is 1. The van der Waals surface area contributed by atoms with Gasteiger partial charge in [-0.25, -0.2) is 0 Å². The van der Waals surface area contributed by atoms with Gasteiger partial charge < -0.3 is 9.80 Å². The van der Waals surface area contributed by atoms with Crippen LogP contribution in [0.5, 0.6) is 0 Å². The third-order valence-corrected chi connectivity index (χ3v) is 3.83. The number of hydrogen-bond acceptors (Lipinski definition) is 4. The quantitative estimate of drug-likeness (QED) is 0.784. The molecule has 0 aromatic carbocycles. The zero-order valence-corrected chi connectivity index (χ0v) is 11.8. The summed E-state index contributed by atoms with van der Waals surface area (Å²) < 4.78 is 0. The van der Waals surface area contributed by atoms with E-state index >= 15 is 0 Å². The summed E-state index contributed by atoms with van der Waals surface area (Å²) in [5, 5.41) is 0.913. The molecule has 0 aliphatic carbocycles. The second-order valence-corrected chi connectivity index (χ2v) is 5.29. The van der Waals surface area contributed by atoms with Gasteiger partial charge in [-0.3, -0.25) is 14.8 Å². The number of likely N-dealkylation sites (N-methyl/N-ethyl adjacent to an activating group) is 1. The van der Waals surface area contributed by atoms with E-state index < -0.39 is 0 Å². The van der Waals surface area contributed by atoms with Crippen molar-refractivity contribution >= 4 is 16.8 Å². The van der Waals surface area contributed by atoms with Gasteiger partial charge >= 0.3 is 0 Å². The lowest BCUT2D eigenvalue weighted by Gasteiger charge is -2.32.